The number of hydrogen-bond acceptors (Lipinski definition) is 4. The summed E-state index contributed by atoms with van der Waals surface area (Å²) in [7, 11) is 1.51. The van der Waals surface area contributed by atoms with Gasteiger partial charge >= 0.3 is 5.97 Å². The van der Waals surface area contributed by atoms with Gasteiger partial charge in [-0.3, -0.25) is 4.79 Å². The Morgan fingerprint density at radius 3 is 2.70 bits per heavy atom. The van der Waals surface area contributed by atoms with Gasteiger partial charge in [0, 0.05) is 6.54 Å². The van der Waals surface area contributed by atoms with E-state index in [-0.39, 0.29) is 0 Å². The molecule has 0 amide bonds. The Labute approximate surface area is 119 Å². The quantitative estimate of drug-likeness (QED) is 0.797. The molecule has 108 valence electrons. The molecule has 0 saturated heterocycles. The van der Waals surface area contributed by atoms with Crippen LogP contribution < -0.4 is 10.1 Å². The molecule has 0 aliphatic carbocycles. The van der Waals surface area contributed by atoms with Crippen LogP contribution in [0.4, 0.5) is 0 Å². The molecule has 0 heterocycles. The molecule has 1 rings (SSSR count). The van der Waals surface area contributed by atoms with Gasteiger partial charge in [0.15, 0.2) is 0 Å². The van der Waals surface area contributed by atoms with Crippen molar-refractivity contribution in [3.63, 3.8) is 0 Å². The number of ether oxygens (including phenoxy) is 1. The van der Waals surface area contributed by atoms with Gasteiger partial charge in [0.25, 0.3) is 0 Å². The molecule has 1 aromatic carbocycles. The second-order valence-electron chi connectivity index (χ2n) is 5.05. The predicted octanol–water partition coefficient (Wildman–Crippen LogP) is 2.16. The molecule has 1 unspecified atom stereocenters. The van der Waals surface area contributed by atoms with E-state index in [2.05, 4.69) is 5.32 Å². The number of rotatable bonds is 7. The third-order valence-corrected chi connectivity index (χ3v) is 2.94. The summed E-state index contributed by atoms with van der Waals surface area (Å²) >= 11 is 0. The highest BCUT2D eigenvalue weighted by molar-refractivity contribution is 5.73. The summed E-state index contributed by atoms with van der Waals surface area (Å²) in [5.74, 6) is -0.0408. The first kappa shape index (κ1) is 16.0. The number of nitriles is 1. The number of methoxy groups -OCH3 is 1. The van der Waals surface area contributed by atoms with Crippen molar-refractivity contribution in [1.29, 1.82) is 5.26 Å². The van der Waals surface area contributed by atoms with Crippen molar-refractivity contribution in [1.82, 2.24) is 5.32 Å². The summed E-state index contributed by atoms with van der Waals surface area (Å²) in [6.07, 6.45) is 0.572. The Morgan fingerprint density at radius 1 is 1.50 bits per heavy atom. The van der Waals surface area contributed by atoms with Gasteiger partial charge < -0.3 is 15.2 Å². The first-order valence-corrected chi connectivity index (χ1v) is 6.51. The van der Waals surface area contributed by atoms with E-state index in [4.69, 9.17) is 15.1 Å². The Bertz CT molecular complexity index is 506. The average molecular weight is 276 g/mol. The number of hydrogen-bond donors (Lipinski definition) is 2. The highest BCUT2D eigenvalue weighted by atomic mass is 16.5. The van der Waals surface area contributed by atoms with Gasteiger partial charge in [-0.25, -0.2) is 0 Å². The van der Waals surface area contributed by atoms with E-state index in [0.717, 1.165) is 5.56 Å². The first-order chi connectivity index (χ1) is 9.47. The van der Waals surface area contributed by atoms with Gasteiger partial charge in [-0.15, -0.1) is 0 Å². The molecule has 0 radical (unpaired) electrons. The van der Waals surface area contributed by atoms with Crippen LogP contribution in [-0.2, 0) is 11.3 Å². The van der Waals surface area contributed by atoms with Crippen molar-refractivity contribution in [3.8, 4) is 11.8 Å². The normalized spacial score (nSPS) is 11.9. The fourth-order valence-electron chi connectivity index (χ4n) is 1.92. The van der Waals surface area contributed by atoms with Gasteiger partial charge in [0.05, 0.1) is 12.7 Å². The number of carbonyl (C=O) groups is 1. The molecule has 5 heteroatoms. The fourth-order valence-corrected chi connectivity index (χ4v) is 1.92. The number of nitrogens with zero attached hydrogens (tertiary/aromatic N) is 1. The van der Waals surface area contributed by atoms with Crippen molar-refractivity contribution < 1.29 is 14.6 Å². The minimum atomic E-state index is -0.848. The van der Waals surface area contributed by atoms with Gasteiger partial charge in [0.2, 0.25) is 0 Å². The molecule has 2 N–H and O–H groups in total. The molecular weight excluding hydrogens is 256 g/mol. The van der Waals surface area contributed by atoms with E-state index in [1.54, 1.807) is 18.2 Å². The molecule has 0 aliphatic rings. The third-order valence-electron chi connectivity index (χ3n) is 2.94. The zero-order chi connectivity index (χ0) is 15.1. The Morgan fingerprint density at radius 2 is 2.20 bits per heavy atom. The highest BCUT2D eigenvalue weighted by Crippen LogP contribution is 2.19. The van der Waals surface area contributed by atoms with Crippen LogP contribution in [0.5, 0.6) is 5.75 Å². The lowest BCUT2D eigenvalue weighted by molar-refractivity contribution is -0.140. The maximum Gasteiger partial charge on any atom is 0.320 e. The van der Waals surface area contributed by atoms with E-state index >= 15 is 0 Å². The summed E-state index contributed by atoms with van der Waals surface area (Å²) in [6, 6.07) is 6.69. The van der Waals surface area contributed by atoms with E-state index < -0.39 is 12.0 Å². The van der Waals surface area contributed by atoms with Crippen LogP contribution in [-0.4, -0.2) is 24.2 Å². The minimum absolute atomic E-state index is 0.305. The van der Waals surface area contributed by atoms with Crippen molar-refractivity contribution in [2.75, 3.05) is 7.11 Å². The molecule has 1 atom stereocenters. The Kier molecular flexibility index (Phi) is 6.01. The standard InChI is InChI=1S/C15H20N2O3/c1-10(2)6-13(15(18)19)17-9-11-4-5-12(8-16)14(7-11)20-3/h4-5,7,10,13,17H,6,9H2,1-3H3,(H,18,19). The number of aliphatic carboxylic acids is 1. The van der Waals surface area contributed by atoms with Crippen LogP contribution >= 0.6 is 0 Å². The molecule has 0 saturated carbocycles. The monoisotopic (exact) mass is 276 g/mol. The third kappa shape index (κ3) is 4.56. The van der Waals surface area contributed by atoms with Crippen LogP contribution in [0.3, 0.4) is 0 Å². The lowest BCUT2D eigenvalue weighted by Crippen LogP contribution is -2.37. The predicted molar refractivity (Wildman–Crippen MR) is 75.4 cm³/mol. The molecule has 0 fully saturated rings. The van der Waals surface area contributed by atoms with Crippen molar-refractivity contribution >= 4 is 5.97 Å². The van der Waals surface area contributed by atoms with Crippen LogP contribution in [0.15, 0.2) is 18.2 Å². The maximum absolute atomic E-state index is 11.1. The molecule has 0 aromatic heterocycles. The number of benzene rings is 1. The lowest BCUT2D eigenvalue weighted by atomic mass is 10.0. The topological polar surface area (TPSA) is 82.3 Å². The van der Waals surface area contributed by atoms with Gasteiger partial charge in [-0.1, -0.05) is 19.9 Å². The second-order valence-corrected chi connectivity index (χ2v) is 5.05. The summed E-state index contributed by atoms with van der Waals surface area (Å²) in [5.41, 5.74) is 1.35. The molecule has 20 heavy (non-hydrogen) atoms. The average Bonchev–Trinajstić information content (AvgIpc) is 2.42. The highest BCUT2D eigenvalue weighted by Gasteiger charge is 2.18. The first-order valence-electron chi connectivity index (χ1n) is 6.51. The zero-order valence-corrected chi connectivity index (χ0v) is 12.0. The summed E-state index contributed by atoms with van der Waals surface area (Å²) in [4.78, 5) is 11.1. The second kappa shape index (κ2) is 7.51. The number of carboxylic acid groups (broad SMARTS) is 1. The fraction of sp³-hybridized carbons (Fsp3) is 0.467. The van der Waals surface area contributed by atoms with Gasteiger partial charge in [-0.05, 0) is 30.0 Å². The number of nitrogens with one attached hydrogen (secondary N) is 1. The van der Waals surface area contributed by atoms with Gasteiger partial charge in [-0.2, -0.15) is 5.26 Å². The van der Waals surface area contributed by atoms with Crippen molar-refractivity contribution in [2.24, 2.45) is 5.92 Å². The van der Waals surface area contributed by atoms with Crippen LogP contribution in [0.1, 0.15) is 31.4 Å². The van der Waals surface area contributed by atoms with Crippen molar-refractivity contribution in [3.05, 3.63) is 29.3 Å². The molecule has 0 bridgehead atoms. The van der Waals surface area contributed by atoms with E-state index in [1.165, 1.54) is 7.11 Å². The summed E-state index contributed by atoms with van der Waals surface area (Å²) in [5, 5.41) is 21.1. The SMILES string of the molecule is COc1cc(CNC(CC(C)C)C(=O)O)ccc1C#N. The zero-order valence-electron chi connectivity index (χ0n) is 12.0. The van der Waals surface area contributed by atoms with E-state index in [0.29, 0.717) is 30.2 Å². The van der Waals surface area contributed by atoms with Crippen LogP contribution in [0.25, 0.3) is 0 Å². The molecule has 0 aliphatic heterocycles. The molecule has 5 nitrogen and oxygen atoms in total. The molecule has 1 aromatic rings. The van der Waals surface area contributed by atoms with Crippen LogP contribution in [0, 0.1) is 17.2 Å². The van der Waals surface area contributed by atoms with E-state index in [9.17, 15) is 4.79 Å². The minimum Gasteiger partial charge on any atom is -0.495 e. The molecule has 0 spiro atoms. The summed E-state index contributed by atoms with van der Waals surface area (Å²) in [6.45, 7) is 4.40. The van der Waals surface area contributed by atoms with Gasteiger partial charge in [0.1, 0.15) is 17.9 Å². The Balaban J connectivity index is 2.73. The van der Waals surface area contributed by atoms with E-state index in [1.807, 2.05) is 19.9 Å². The lowest BCUT2D eigenvalue weighted by Gasteiger charge is -2.16. The molecular formula is C15H20N2O3. The number of carboxylic acids is 1. The van der Waals surface area contributed by atoms with Crippen molar-refractivity contribution in [2.45, 2.75) is 32.9 Å². The summed E-state index contributed by atoms with van der Waals surface area (Å²) < 4.78 is 5.13. The largest absolute Gasteiger partial charge is 0.495 e. The smallest absolute Gasteiger partial charge is 0.320 e. The maximum atomic E-state index is 11.1. The Hall–Kier alpha value is -2.06. The van der Waals surface area contributed by atoms with Crippen LogP contribution in [0.2, 0.25) is 0 Å².